The molecule has 0 atom stereocenters. The molecule has 5 radical (unpaired) electrons. The maximum atomic E-state index is 13.8. The van der Waals surface area contributed by atoms with Crippen molar-refractivity contribution < 1.29 is 165 Å². The Balaban J connectivity index is 0.000000657. The minimum atomic E-state index is -0.983. The van der Waals surface area contributed by atoms with E-state index in [1.165, 1.54) is 49.2 Å². The maximum absolute atomic E-state index is 13.8. The number of carbonyl (C=O) groups is 3. The van der Waals surface area contributed by atoms with Gasteiger partial charge < -0.3 is 45.6 Å². The van der Waals surface area contributed by atoms with Crippen LogP contribution in [0, 0.1) is 118 Å². The Bertz CT molecular complexity index is 5320. The summed E-state index contributed by atoms with van der Waals surface area (Å²) in [4.78, 5) is 54.1. The fourth-order valence-electron chi connectivity index (χ4n) is 9.35. The minimum absolute atomic E-state index is 0. The van der Waals surface area contributed by atoms with E-state index in [1.54, 1.807) is 103 Å². The molecule has 14 rings (SSSR count). The fourth-order valence-corrected chi connectivity index (χ4v) is 9.35. The fraction of sp³-hybridized carbons (Fsp3) is 0.133. The summed E-state index contributed by atoms with van der Waals surface area (Å²) < 4.78 is 110. The average molecular weight is 2460 g/mol. The molecule has 4 N–H and O–H groups in total. The molecule has 19 nitrogen and oxygen atoms in total. The molecule has 32 heteroatoms. The van der Waals surface area contributed by atoms with Crippen molar-refractivity contribution in [1.29, 1.82) is 0 Å². The summed E-state index contributed by atoms with van der Waals surface area (Å²) in [6.07, 6.45) is 8.10. The summed E-state index contributed by atoms with van der Waals surface area (Å²) in [6.45, 7) is 16.5. The van der Waals surface area contributed by atoms with E-state index >= 15 is 0 Å². The molecule has 0 aliphatic rings. The number of rotatable bonds is 10. The number of hydrogen-bond acceptors (Lipinski definition) is 12. The number of benzene rings is 6. The van der Waals surface area contributed by atoms with E-state index in [0.29, 0.717) is 29.3 Å². The average Bonchev–Trinajstić information content (AvgIpc) is 1.73. The van der Waals surface area contributed by atoms with Gasteiger partial charge >= 0.3 is 17.9 Å². The summed E-state index contributed by atoms with van der Waals surface area (Å²) in [6, 6.07) is 58.5. The number of carboxylic acid groups (broad SMARTS) is 3. The monoisotopic (exact) mass is 2460 g/mol. The molecule has 0 unspecified atom stereocenters. The van der Waals surface area contributed by atoms with Crippen molar-refractivity contribution in [2.45, 2.75) is 48.6 Å². The van der Waals surface area contributed by atoms with Gasteiger partial charge in [0.1, 0.15) is 0 Å². The van der Waals surface area contributed by atoms with Crippen molar-refractivity contribution in [3.05, 3.63) is 340 Å². The zero-order valence-electron chi connectivity index (χ0n) is 61.4. The molecule has 0 saturated heterocycles. The van der Waals surface area contributed by atoms with Gasteiger partial charge in [0.15, 0.2) is 22.8 Å². The van der Waals surface area contributed by atoms with Crippen LogP contribution in [0.15, 0.2) is 201 Å². The summed E-state index contributed by atoms with van der Waals surface area (Å²) in [5, 5.41) is 41.9. The number of fused-ring (bicyclic) bond motifs is 1. The van der Waals surface area contributed by atoms with Crippen molar-refractivity contribution in [2.24, 2.45) is 21.1 Å². The zero-order chi connectivity index (χ0) is 79.4. The van der Waals surface area contributed by atoms with Crippen molar-refractivity contribution in [3.8, 4) is 56.3 Å². The smallest absolute Gasteiger partial charge is 0.356 e. The van der Waals surface area contributed by atoms with Gasteiger partial charge in [-0.25, -0.2) is 14.4 Å². The quantitative estimate of drug-likeness (QED) is 0.0734. The second-order valence-corrected chi connectivity index (χ2v) is 23.1. The third-order valence-electron chi connectivity index (χ3n) is 15.0. The first-order valence-electron chi connectivity index (χ1n) is 32.3. The van der Waals surface area contributed by atoms with Gasteiger partial charge in [-0.15, -0.1) is 90.0 Å². The summed E-state index contributed by atoms with van der Waals surface area (Å²) in [5.74, 6) is -8.64. The van der Waals surface area contributed by atoms with E-state index in [0.717, 1.165) is 87.5 Å². The number of aryl methyl sites for hydroxylation is 8. The molecule has 14 aromatic rings. The van der Waals surface area contributed by atoms with Gasteiger partial charge in [-0.2, -0.15) is 15.3 Å². The van der Waals surface area contributed by atoms with Gasteiger partial charge in [0.25, 0.3) is 0 Å². The van der Waals surface area contributed by atoms with Gasteiger partial charge in [0.2, 0.25) is 0 Å². The first-order chi connectivity index (χ1) is 52.0. The molecule has 0 saturated carbocycles. The van der Waals surface area contributed by atoms with E-state index in [9.17, 15) is 49.5 Å². The molecule has 609 valence electrons. The number of hydrogen-bond donors (Lipinski definition) is 4. The largest absolute Gasteiger partial charge is 0.476 e. The Morgan fingerprint density at radius 1 is 0.443 bits per heavy atom. The SMILES string of the molecule is C.CNCc1ccnc(-c2[c-]cc(F)cc2F)c1.Cc1cc(C(=O)O)nn1C.Cc1cc(C(=O)O)nn1C.Cc1cc(C(=O)O)nn1C.Cc1ccnc(-c2[c-]cc(F)cc2F)c1.Fc1c[c-]c(-c2ccccn2)c(F)c1.[C-]#[N+]c1c(F)c[c-]c(-c2cc(C)ccn2)c1F.[Ir].[Ir].[Ir].[Ir].[Ir].[c-]1ccccc1-c1nccc2ccccc12. The topological polar surface area (TPSA) is 246 Å². The molecule has 0 spiro atoms. The van der Waals surface area contributed by atoms with Crippen molar-refractivity contribution in [2.75, 3.05) is 7.05 Å². The molecular formula is C83H70F8Ir5N13O6-5. The van der Waals surface area contributed by atoms with Crippen LogP contribution in [0.1, 0.15) is 72.7 Å². The number of pyridine rings is 5. The first kappa shape index (κ1) is 103. The maximum Gasteiger partial charge on any atom is 0.356 e. The third kappa shape index (κ3) is 31.0. The van der Waals surface area contributed by atoms with Crippen LogP contribution < -0.4 is 5.32 Å². The molecule has 0 aliphatic carbocycles. The van der Waals surface area contributed by atoms with Crippen LogP contribution in [0.3, 0.4) is 0 Å². The first-order valence-corrected chi connectivity index (χ1v) is 32.3. The summed E-state index contributed by atoms with van der Waals surface area (Å²) >= 11 is 0. The van der Waals surface area contributed by atoms with Crippen LogP contribution in [-0.4, -0.2) is 94.5 Å². The Morgan fingerprint density at radius 3 is 1.23 bits per heavy atom. The van der Waals surface area contributed by atoms with Crippen LogP contribution >= 0.6 is 0 Å². The molecule has 8 heterocycles. The number of aromatic carboxylic acids is 3. The van der Waals surface area contributed by atoms with Crippen molar-refractivity contribution >= 4 is 34.4 Å². The predicted octanol–water partition coefficient (Wildman–Crippen LogP) is 17.8. The van der Waals surface area contributed by atoms with Crippen LogP contribution in [0.4, 0.5) is 40.8 Å². The van der Waals surface area contributed by atoms with Gasteiger partial charge in [-0.1, -0.05) is 108 Å². The van der Waals surface area contributed by atoms with Gasteiger partial charge in [-0.05, 0) is 135 Å². The molecular weight excluding hydrogens is 2390 g/mol. The summed E-state index contributed by atoms with van der Waals surface area (Å²) in [5.41, 5.74) is 9.38. The minimum Gasteiger partial charge on any atom is -0.476 e. The van der Waals surface area contributed by atoms with Crippen LogP contribution in [0.25, 0.3) is 71.9 Å². The molecule has 0 aliphatic heterocycles. The second kappa shape index (κ2) is 50.7. The molecule has 0 bridgehead atoms. The van der Waals surface area contributed by atoms with Crippen LogP contribution in [0.5, 0.6) is 0 Å². The van der Waals surface area contributed by atoms with E-state index in [-0.39, 0.29) is 147 Å². The summed E-state index contributed by atoms with van der Waals surface area (Å²) in [7, 11) is 6.95. The van der Waals surface area contributed by atoms with E-state index in [1.807, 2.05) is 81.7 Å². The van der Waals surface area contributed by atoms with Gasteiger partial charge in [-0.3, -0.25) is 54.0 Å². The predicted molar refractivity (Wildman–Crippen MR) is 400 cm³/mol. The zero-order valence-corrected chi connectivity index (χ0v) is 73.4. The Kier molecular flexibility index (Phi) is 45.2. The number of halogens is 8. The third-order valence-corrected chi connectivity index (χ3v) is 15.0. The molecule has 115 heavy (non-hydrogen) atoms. The molecule has 0 fully saturated rings. The second-order valence-electron chi connectivity index (χ2n) is 23.1. The Labute approximate surface area is 726 Å². The number of nitrogens with one attached hydrogen (secondary N) is 1. The van der Waals surface area contributed by atoms with Gasteiger partial charge in [0.05, 0.1) is 6.57 Å². The van der Waals surface area contributed by atoms with E-state index < -0.39 is 70.1 Å². The molecule has 0 amide bonds. The number of aromatic nitrogens is 11. The number of carboxylic acids is 3. The van der Waals surface area contributed by atoms with Crippen LogP contribution in [-0.2, 0) is 128 Å². The Morgan fingerprint density at radius 2 is 0.843 bits per heavy atom. The van der Waals surface area contributed by atoms with Crippen molar-refractivity contribution in [1.82, 2.24) is 59.6 Å². The molecule has 8 aromatic heterocycles. The van der Waals surface area contributed by atoms with Gasteiger partial charge in [0, 0.05) is 223 Å². The number of nitrogens with zero attached hydrogens (tertiary/aromatic N) is 12. The van der Waals surface area contributed by atoms with E-state index in [2.05, 4.69) is 92.8 Å². The standard InChI is InChI=1S/C15H10N.C13H7F2N2.C13H11F2N2.C12H8F2N.C11H6F2N.3C6H8N2O2.CH4.5Ir/c1-2-7-13(8-3-1)15-14-9-5-4-6-12(14)10-11-16-15;1-8-5-6-17-11(7-8)9-3-4-10(14)13(16-2)12(9)15;1-16-8-9-4-5-17-13(6-9)11-3-2-10(14)7-12(11)15;1-8-4-5-15-12(6-8)10-3-2-9(13)7-11(10)14;12-8-4-5-9(10(13)7-8)11-3-1-2-6-14-11;3*1-4-3-5(6(9)10)7-8(4)2;;;;;;/h1-7,9-11H;4-7H,1H3;2,4-7,16H,8H2,1H3;2,4-7H,1H3;1-4,6-7H;3*3H,1-2H3,(H,9,10);1H4;;;;;/q5*-1;;;;;;;;;. The Hall–Kier alpha value is -10.5. The van der Waals surface area contributed by atoms with E-state index in [4.69, 9.17) is 21.9 Å². The molecule has 6 aromatic carbocycles. The van der Waals surface area contributed by atoms with Crippen LogP contribution in [0.2, 0.25) is 0 Å². The van der Waals surface area contributed by atoms with Crippen molar-refractivity contribution in [3.63, 3.8) is 0 Å². The normalized spacial score (nSPS) is 9.63.